The Labute approximate surface area is 104 Å². The van der Waals surface area contributed by atoms with E-state index in [4.69, 9.17) is 0 Å². The molecule has 0 spiro atoms. The molecule has 0 bridgehead atoms. The maximum absolute atomic E-state index is 2.00. The van der Waals surface area contributed by atoms with Gasteiger partial charge in [0.05, 0.1) is 0 Å². The quantitative estimate of drug-likeness (QED) is 0.576. The Morgan fingerprint density at radius 2 is 0.667 bits per heavy atom. The molecular weight excluding hydrogens is 201 g/mol. The third-order valence-electron chi connectivity index (χ3n) is 0.667. The van der Waals surface area contributed by atoms with Gasteiger partial charge in [-0.1, -0.05) is 36.4 Å². The van der Waals surface area contributed by atoms with Gasteiger partial charge in [-0.2, -0.15) is 0 Å². The first-order valence-corrected chi connectivity index (χ1v) is 2.00. The average molecular weight is 212 g/mol. The van der Waals surface area contributed by atoms with Crippen LogP contribution in [0.25, 0.3) is 0 Å². The van der Waals surface area contributed by atoms with Crippen molar-refractivity contribution in [2.24, 2.45) is 0 Å². The van der Waals surface area contributed by atoms with Crippen LogP contribution in [0.15, 0.2) is 36.4 Å². The molecule has 0 fully saturated rings. The van der Waals surface area contributed by atoms with Gasteiger partial charge in [-0.05, 0) is 0 Å². The summed E-state index contributed by atoms with van der Waals surface area (Å²) in [5, 5.41) is 0. The van der Waals surface area contributed by atoms with Crippen molar-refractivity contribution in [3.8, 4) is 0 Å². The van der Waals surface area contributed by atoms with Crippen LogP contribution in [0, 0.1) is 0 Å². The van der Waals surface area contributed by atoms with E-state index in [0.717, 1.165) is 0 Å². The summed E-state index contributed by atoms with van der Waals surface area (Å²) in [6, 6.07) is 12.0. The summed E-state index contributed by atoms with van der Waals surface area (Å²) >= 11 is 0. The van der Waals surface area contributed by atoms with E-state index in [1.54, 1.807) is 0 Å². The van der Waals surface area contributed by atoms with Crippen LogP contribution in [-0.4, -0.2) is 46.1 Å². The van der Waals surface area contributed by atoms with Gasteiger partial charge in [0.15, 0.2) is 0 Å². The smallest absolute Gasteiger partial charge is 1.00 e. The van der Waals surface area contributed by atoms with Crippen LogP contribution in [0.1, 0.15) is 5.71 Å². The fourth-order valence-corrected chi connectivity index (χ4v) is 0.385. The van der Waals surface area contributed by atoms with Gasteiger partial charge in [0.1, 0.15) is 0 Å². The summed E-state index contributed by atoms with van der Waals surface area (Å²) in [5.41, 5.74) is 0. The van der Waals surface area contributed by atoms with Gasteiger partial charge in [0.2, 0.25) is 0 Å². The van der Waals surface area contributed by atoms with Crippen LogP contribution in [0.2, 0.25) is 0 Å². The van der Waals surface area contributed by atoms with E-state index in [1.165, 1.54) is 0 Å². The maximum atomic E-state index is 2.00. The van der Waals surface area contributed by atoms with E-state index in [2.05, 4.69) is 0 Å². The second kappa shape index (κ2) is 12.0. The first-order valence-electron chi connectivity index (χ1n) is 2.00. The SMILES string of the molecule is Br.[H-].[H-].[H-].[H-].[Mg+2].[Mg+2].c1ccccc1. The number of rotatable bonds is 0. The fraction of sp³-hybridized carbons (Fsp3) is 0. The zero-order valence-corrected chi connectivity index (χ0v) is 9.83. The molecule has 0 aliphatic carbocycles. The Kier molecular flexibility index (Phi) is 22.2. The van der Waals surface area contributed by atoms with Gasteiger partial charge >= 0.3 is 46.1 Å². The molecule has 46 valence electrons. The molecule has 1 rings (SSSR count). The van der Waals surface area contributed by atoms with E-state index < -0.39 is 0 Å². The van der Waals surface area contributed by atoms with Crippen molar-refractivity contribution in [2.75, 3.05) is 0 Å². The molecule has 9 heavy (non-hydrogen) atoms. The van der Waals surface area contributed by atoms with Crippen LogP contribution >= 0.6 is 17.0 Å². The Morgan fingerprint density at radius 1 is 0.556 bits per heavy atom. The molecule has 0 saturated heterocycles. The maximum Gasteiger partial charge on any atom is 2.00 e. The number of halogens is 1. The van der Waals surface area contributed by atoms with E-state index in [0.29, 0.717) is 0 Å². The molecule has 0 amide bonds. The van der Waals surface area contributed by atoms with Gasteiger partial charge in [-0.25, -0.2) is 0 Å². The van der Waals surface area contributed by atoms with Gasteiger partial charge in [0, 0.05) is 0 Å². The Bertz CT molecular complexity index is 94.6. The molecule has 0 N–H and O–H groups in total. The minimum absolute atomic E-state index is 0. The van der Waals surface area contributed by atoms with E-state index in [1.807, 2.05) is 36.4 Å². The number of hydrogen-bond donors (Lipinski definition) is 0. The second-order valence-corrected chi connectivity index (χ2v) is 1.15. The van der Waals surface area contributed by atoms with Crippen LogP contribution < -0.4 is 0 Å². The summed E-state index contributed by atoms with van der Waals surface area (Å²) in [5.74, 6) is 0. The molecule has 1 aromatic carbocycles. The number of benzene rings is 1. The van der Waals surface area contributed by atoms with E-state index in [9.17, 15) is 0 Å². The molecular formula is C6H11BrMg2. The molecule has 0 aliphatic heterocycles. The zero-order chi connectivity index (χ0) is 4.24. The molecule has 0 atom stereocenters. The van der Waals surface area contributed by atoms with Crippen LogP contribution in [0.5, 0.6) is 0 Å². The van der Waals surface area contributed by atoms with Crippen molar-refractivity contribution >= 4 is 63.1 Å². The van der Waals surface area contributed by atoms with Crippen molar-refractivity contribution in [1.82, 2.24) is 0 Å². The second-order valence-electron chi connectivity index (χ2n) is 1.15. The van der Waals surface area contributed by atoms with Crippen molar-refractivity contribution < 1.29 is 5.71 Å². The van der Waals surface area contributed by atoms with E-state index >= 15 is 0 Å². The van der Waals surface area contributed by atoms with Crippen molar-refractivity contribution in [3.63, 3.8) is 0 Å². The van der Waals surface area contributed by atoms with Crippen molar-refractivity contribution in [3.05, 3.63) is 36.4 Å². The molecule has 3 heteroatoms. The molecule has 1 aromatic rings. The number of hydrogen-bond acceptors (Lipinski definition) is 0. The minimum Gasteiger partial charge on any atom is -1.00 e. The first-order chi connectivity index (χ1) is 3.00. The predicted molar refractivity (Wildman–Crippen MR) is 52.7 cm³/mol. The average Bonchev–Trinajstić information content (AvgIpc) is 1.72. The standard InChI is InChI=1S/C6H6.BrH.2Mg.4H/c1-2-4-6-5-3-1;;;;;;;/h1-6H;1H;;;;;;/q;;2*+2;4*-1. The Morgan fingerprint density at radius 3 is 0.778 bits per heavy atom. The van der Waals surface area contributed by atoms with Gasteiger partial charge in [-0.15, -0.1) is 17.0 Å². The fourth-order valence-electron chi connectivity index (χ4n) is 0.385. The van der Waals surface area contributed by atoms with Gasteiger partial charge in [-0.3, -0.25) is 0 Å². The largest absolute Gasteiger partial charge is 2.00 e. The molecule has 0 radical (unpaired) electrons. The normalized spacial score (nSPS) is 5.33. The Hall–Kier alpha value is 1.23. The van der Waals surface area contributed by atoms with E-state index in [-0.39, 0.29) is 68.8 Å². The summed E-state index contributed by atoms with van der Waals surface area (Å²) < 4.78 is 0. The van der Waals surface area contributed by atoms with Crippen molar-refractivity contribution in [1.29, 1.82) is 0 Å². The summed E-state index contributed by atoms with van der Waals surface area (Å²) in [6.45, 7) is 0. The predicted octanol–water partition coefficient (Wildman–Crippen LogP) is 1.95. The van der Waals surface area contributed by atoms with Gasteiger partial charge < -0.3 is 5.71 Å². The summed E-state index contributed by atoms with van der Waals surface area (Å²) in [4.78, 5) is 0. The Balaban J connectivity index is -0.0000000103. The minimum atomic E-state index is 0. The molecule has 0 saturated carbocycles. The van der Waals surface area contributed by atoms with Crippen LogP contribution in [0.4, 0.5) is 0 Å². The third kappa shape index (κ3) is 9.23. The topological polar surface area (TPSA) is 0 Å². The zero-order valence-electron chi connectivity index (χ0n) is 9.29. The molecule has 0 aliphatic rings. The third-order valence-corrected chi connectivity index (χ3v) is 0.667. The monoisotopic (exact) mass is 210 g/mol. The molecule has 0 unspecified atom stereocenters. The van der Waals surface area contributed by atoms with Gasteiger partial charge in [0.25, 0.3) is 0 Å². The molecule has 0 nitrogen and oxygen atoms in total. The summed E-state index contributed by atoms with van der Waals surface area (Å²) in [7, 11) is 0. The molecule has 0 aromatic heterocycles. The van der Waals surface area contributed by atoms with Crippen LogP contribution in [0.3, 0.4) is 0 Å². The summed E-state index contributed by atoms with van der Waals surface area (Å²) in [6.07, 6.45) is 0. The van der Waals surface area contributed by atoms with Crippen LogP contribution in [-0.2, 0) is 0 Å². The first kappa shape index (κ1) is 16.7. The molecule has 0 heterocycles. The van der Waals surface area contributed by atoms with Crippen molar-refractivity contribution in [2.45, 2.75) is 0 Å².